The third kappa shape index (κ3) is 2.29. The summed E-state index contributed by atoms with van der Waals surface area (Å²) < 4.78 is 13.9. The first kappa shape index (κ1) is 13.0. The second-order valence-corrected chi connectivity index (χ2v) is 5.77. The second kappa shape index (κ2) is 5.19. The molecule has 3 nitrogen and oxygen atoms in total. The van der Waals surface area contributed by atoms with Gasteiger partial charge in [0.1, 0.15) is 5.82 Å². The molecule has 0 bridgehead atoms. The summed E-state index contributed by atoms with van der Waals surface area (Å²) in [4.78, 5) is 4.78. The number of hydrogen-bond acceptors (Lipinski definition) is 3. The standard InChI is InChI=1S/C15H22FN3/c1-18-7-5-11(6-8-18)19-10-13-12(15(19)9-17)3-2-4-14(13)16/h2-4,11,15H,5-10,17H2,1H3. The van der Waals surface area contributed by atoms with Crippen LogP contribution in [0.4, 0.5) is 4.39 Å². The SMILES string of the molecule is CN1CCC(N2Cc3c(F)cccc3C2CN)CC1. The molecule has 2 N–H and O–H groups in total. The van der Waals surface area contributed by atoms with E-state index < -0.39 is 0 Å². The summed E-state index contributed by atoms with van der Waals surface area (Å²) >= 11 is 0. The molecule has 1 fully saturated rings. The first-order chi connectivity index (χ1) is 9.20. The molecular formula is C15H22FN3. The van der Waals surface area contributed by atoms with E-state index in [9.17, 15) is 4.39 Å². The van der Waals surface area contributed by atoms with Gasteiger partial charge in [-0.25, -0.2) is 4.39 Å². The van der Waals surface area contributed by atoms with Gasteiger partial charge in [-0.05, 0) is 44.6 Å². The third-order valence-corrected chi connectivity index (χ3v) is 4.64. The van der Waals surface area contributed by atoms with Crippen LogP contribution in [0.25, 0.3) is 0 Å². The van der Waals surface area contributed by atoms with Gasteiger partial charge in [0.25, 0.3) is 0 Å². The van der Waals surface area contributed by atoms with E-state index in [4.69, 9.17) is 5.73 Å². The van der Waals surface area contributed by atoms with Crippen LogP contribution in [-0.4, -0.2) is 42.5 Å². The summed E-state index contributed by atoms with van der Waals surface area (Å²) in [6.45, 7) is 3.54. The zero-order valence-electron chi connectivity index (χ0n) is 11.5. The highest BCUT2D eigenvalue weighted by atomic mass is 19.1. The summed E-state index contributed by atoms with van der Waals surface area (Å²) in [7, 11) is 2.16. The first-order valence-corrected chi connectivity index (χ1v) is 7.12. The minimum atomic E-state index is -0.0774. The predicted molar refractivity (Wildman–Crippen MR) is 74.3 cm³/mol. The molecule has 2 heterocycles. The Balaban J connectivity index is 1.83. The van der Waals surface area contributed by atoms with E-state index in [2.05, 4.69) is 16.8 Å². The highest BCUT2D eigenvalue weighted by Gasteiger charge is 2.36. The van der Waals surface area contributed by atoms with E-state index in [0.29, 0.717) is 12.6 Å². The van der Waals surface area contributed by atoms with Crippen LogP contribution in [0.5, 0.6) is 0 Å². The maximum absolute atomic E-state index is 13.9. The minimum Gasteiger partial charge on any atom is -0.329 e. The van der Waals surface area contributed by atoms with Crippen LogP contribution in [0.1, 0.15) is 30.0 Å². The van der Waals surface area contributed by atoms with Gasteiger partial charge in [0, 0.05) is 30.7 Å². The van der Waals surface area contributed by atoms with Gasteiger partial charge >= 0.3 is 0 Å². The van der Waals surface area contributed by atoms with Gasteiger partial charge in [0.2, 0.25) is 0 Å². The zero-order chi connectivity index (χ0) is 13.4. The molecule has 0 radical (unpaired) electrons. The monoisotopic (exact) mass is 263 g/mol. The van der Waals surface area contributed by atoms with Gasteiger partial charge in [-0.3, -0.25) is 4.90 Å². The van der Waals surface area contributed by atoms with Crippen molar-refractivity contribution in [1.29, 1.82) is 0 Å². The lowest BCUT2D eigenvalue weighted by Crippen LogP contribution is -2.44. The number of halogens is 1. The van der Waals surface area contributed by atoms with Crippen molar-refractivity contribution in [2.75, 3.05) is 26.7 Å². The Morgan fingerprint density at radius 2 is 2.05 bits per heavy atom. The fourth-order valence-corrected chi connectivity index (χ4v) is 3.50. The largest absolute Gasteiger partial charge is 0.329 e. The van der Waals surface area contributed by atoms with Gasteiger partial charge in [-0.1, -0.05) is 12.1 Å². The van der Waals surface area contributed by atoms with Crippen molar-refractivity contribution >= 4 is 0 Å². The van der Waals surface area contributed by atoms with Crippen molar-refractivity contribution in [1.82, 2.24) is 9.80 Å². The lowest BCUT2D eigenvalue weighted by atomic mass is 10.0. The summed E-state index contributed by atoms with van der Waals surface area (Å²) in [5.41, 5.74) is 7.91. The molecule has 1 aromatic carbocycles. The number of rotatable bonds is 2. The Hall–Kier alpha value is -0.970. The number of benzene rings is 1. The minimum absolute atomic E-state index is 0.0774. The van der Waals surface area contributed by atoms with Crippen LogP contribution in [-0.2, 0) is 6.54 Å². The van der Waals surface area contributed by atoms with Crippen molar-refractivity contribution in [3.8, 4) is 0 Å². The molecule has 0 spiro atoms. The molecule has 4 heteroatoms. The number of fused-ring (bicyclic) bond motifs is 1. The normalized spacial score (nSPS) is 25.7. The second-order valence-electron chi connectivity index (χ2n) is 5.77. The molecule has 2 aliphatic rings. The molecule has 1 atom stereocenters. The van der Waals surface area contributed by atoms with Crippen molar-refractivity contribution in [2.24, 2.45) is 5.73 Å². The average Bonchev–Trinajstić information content (AvgIpc) is 2.79. The highest BCUT2D eigenvalue weighted by Crippen LogP contribution is 2.37. The molecule has 0 saturated carbocycles. The number of hydrogen-bond donors (Lipinski definition) is 1. The Kier molecular flexibility index (Phi) is 3.56. The summed E-state index contributed by atoms with van der Waals surface area (Å²) in [5.74, 6) is -0.0774. The van der Waals surface area contributed by atoms with E-state index in [1.54, 1.807) is 12.1 Å². The lowest BCUT2D eigenvalue weighted by molar-refractivity contribution is 0.0904. The van der Waals surface area contributed by atoms with Crippen molar-refractivity contribution in [3.63, 3.8) is 0 Å². The van der Waals surface area contributed by atoms with Gasteiger partial charge in [0.15, 0.2) is 0 Å². The maximum Gasteiger partial charge on any atom is 0.128 e. The first-order valence-electron chi connectivity index (χ1n) is 7.12. The third-order valence-electron chi connectivity index (χ3n) is 4.64. The van der Waals surface area contributed by atoms with E-state index >= 15 is 0 Å². The van der Waals surface area contributed by atoms with Crippen molar-refractivity contribution < 1.29 is 4.39 Å². The van der Waals surface area contributed by atoms with Crippen LogP contribution in [0.3, 0.4) is 0 Å². The molecule has 0 aromatic heterocycles. The van der Waals surface area contributed by atoms with Crippen LogP contribution >= 0.6 is 0 Å². The Morgan fingerprint density at radius 1 is 1.32 bits per heavy atom. The van der Waals surface area contributed by atoms with Gasteiger partial charge in [-0.15, -0.1) is 0 Å². The fraction of sp³-hybridized carbons (Fsp3) is 0.600. The number of nitrogens with two attached hydrogens (primary N) is 1. The van der Waals surface area contributed by atoms with E-state index in [0.717, 1.165) is 43.6 Å². The topological polar surface area (TPSA) is 32.5 Å². The van der Waals surface area contributed by atoms with Crippen molar-refractivity contribution in [2.45, 2.75) is 31.5 Å². The molecule has 1 saturated heterocycles. The lowest BCUT2D eigenvalue weighted by Gasteiger charge is -2.38. The average molecular weight is 263 g/mol. The molecule has 0 amide bonds. The summed E-state index contributed by atoms with van der Waals surface area (Å²) in [6, 6.07) is 6.13. The molecule has 104 valence electrons. The quantitative estimate of drug-likeness (QED) is 0.882. The molecule has 1 unspecified atom stereocenters. The van der Waals surface area contributed by atoms with E-state index in [1.165, 1.54) is 0 Å². The van der Waals surface area contributed by atoms with Gasteiger partial charge < -0.3 is 10.6 Å². The number of piperidine rings is 1. The Morgan fingerprint density at radius 3 is 2.74 bits per heavy atom. The van der Waals surface area contributed by atoms with E-state index in [1.807, 2.05) is 6.07 Å². The van der Waals surface area contributed by atoms with Gasteiger partial charge in [-0.2, -0.15) is 0 Å². The molecule has 19 heavy (non-hydrogen) atoms. The molecule has 0 aliphatic carbocycles. The van der Waals surface area contributed by atoms with Crippen LogP contribution in [0, 0.1) is 5.82 Å². The maximum atomic E-state index is 13.9. The summed E-state index contributed by atoms with van der Waals surface area (Å²) in [5, 5.41) is 0. The number of nitrogens with zero attached hydrogens (tertiary/aromatic N) is 2. The van der Waals surface area contributed by atoms with Crippen LogP contribution < -0.4 is 5.73 Å². The molecular weight excluding hydrogens is 241 g/mol. The number of likely N-dealkylation sites (tertiary alicyclic amines) is 1. The predicted octanol–water partition coefficient (Wildman–Crippen LogP) is 1.74. The fourth-order valence-electron chi connectivity index (χ4n) is 3.50. The van der Waals surface area contributed by atoms with Crippen molar-refractivity contribution in [3.05, 3.63) is 35.1 Å². The molecule has 1 aromatic rings. The molecule has 3 rings (SSSR count). The van der Waals surface area contributed by atoms with Crippen LogP contribution in [0.2, 0.25) is 0 Å². The Labute approximate surface area is 114 Å². The summed E-state index contributed by atoms with van der Waals surface area (Å²) in [6.07, 6.45) is 2.31. The van der Waals surface area contributed by atoms with E-state index in [-0.39, 0.29) is 11.9 Å². The smallest absolute Gasteiger partial charge is 0.128 e. The zero-order valence-corrected chi connectivity index (χ0v) is 11.5. The highest BCUT2D eigenvalue weighted by molar-refractivity contribution is 5.35. The van der Waals surface area contributed by atoms with Gasteiger partial charge in [0.05, 0.1) is 0 Å². The van der Waals surface area contributed by atoms with Crippen LogP contribution in [0.15, 0.2) is 18.2 Å². The Bertz CT molecular complexity index is 455. The molecule has 2 aliphatic heterocycles.